The Morgan fingerprint density at radius 3 is 2.58 bits per heavy atom. The first-order valence-electron chi connectivity index (χ1n) is 8.69. The average molecular weight is 349 g/mol. The molecule has 0 aliphatic carbocycles. The second-order valence-corrected chi connectivity index (χ2v) is 6.14. The number of imidazole rings is 1. The van der Waals surface area contributed by atoms with Gasteiger partial charge in [0.15, 0.2) is 6.61 Å². The van der Waals surface area contributed by atoms with Gasteiger partial charge in [-0.1, -0.05) is 36.4 Å². The van der Waals surface area contributed by atoms with Crippen LogP contribution in [0.1, 0.15) is 17.1 Å². The number of benzene rings is 2. The van der Waals surface area contributed by atoms with Gasteiger partial charge in [-0.15, -0.1) is 0 Å². The van der Waals surface area contributed by atoms with Crippen LogP contribution in [0.2, 0.25) is 0 Å². The third-order valence-electron chi connectivity index (χ3n) is 4.12. The van der Waals surface area contributed by atoms with E-state index in [0.717, 1.165) is 28.5 Å². The summed E-state index contributed by atoms with van der Waals surface area (Å²) in [6.45, 7) is 4.48. The van der Waals surface area contributed by atoms with Crippen molar-refractivity contribution in [1.82, 2.24) is 14.9 Å². The predicted octanol–water partition coefficient (Wildman–Crippen LogP) is 3.23. The smallest absolute Gasteiger partial charge is 0.257 e. The van der Waals surface area contributed by atoms with Crippen LogP contribution >= 0.6 is 0 Å². The SMILES string of the molecule is Cc1ccccc1OCC(=O)NCCc1cn(-c2ccccc2)c(C)n1. The molecule has 1 amide bonds. The summed E-state index contributed by atoms with van der Waals surface area (Å²) >= 11 is 0. The Hall–Kier alpha value is -3.08. The van der Waals surface area contributed by atoms with Crippen LogP contribution in [0.3, 0.4) is 0 Å². The first kappa shape index (κ1) is 17.7. The van der Waals surface area contributed by atoms with Gasteiger partial charge < -0.3 is 14.6 Å². The summed E-state index contributed by atoms with van der Waals surface area (Å²) < 4.78 is 7.60. The van der Waals surface area contributed by atoms with Crippen molar-refractivity contribution in [3.8, 4) is 11.4 Å². The molecule has 0 saturated carbocycles. The first-order valence-corrected chi connectivity index (χ1v) is 8.69. The second-order valence-electron chi connectivity index (χ2n) is 6.14. The zero-order valence-corrected chi connectivity index (χ0v) is 15.1. The number of amides is 1. The molecule has 26 heavy (non-hydrogen) atoms. The fourth-order valence-corrected chi connectivity index (χ4v) is 2.75. The van der Waals surface area contributed by atoms with E-state index in [-0.39, 0.29) is 12.5 Å². The standard InChI is InChI=1S/C21H23N3O2/c1-16-8-6-7-11-20(16)26-15-21(25)22-13-12-18-14-24(17(2)23-18)19-9-4-3-5-10-19/h3-11,14H,12-13,15H2,1-2H3,(H,22,25). The number of rotatable bonds is 7. The third-order valence-corrected chi connectivity index (χ3v) is 4.12. The predicted molar refractivity (Wildman–Crippen MR) is 102 cm³/mol. The van der Waals surface area contributed by atoms with E-state index < -0.39 is 0 Å². The van der Waals surface area contributed by atoms with E-state index in [1.54, 1.807) is 0 Å². The molecule has 3 rings (SSSR count). The number of aryl methyl sites for hydroxylation is 2. The van der Waals surface area contributed by atoms with Crippen molar-refractivity contribution in [3.63, 3.8) is 0 Å². The molecule has 1 N–H and O–H groups in total. The zero-order valence-electron chi connectivity index (χ0n) is 15.1. The molecule has 3 aromatic rings. The molecule has 0 aliphatic heterocycles. The van der Waals surface area contributed by atoms with Crippen molar-refractivity contribution in [2.24, 2.45) is 0 Å². The molecule has 5 heteroatoms. The monoisotopic (exact) mass is 349 g/mol. The Morgan fingerprint density at radius 1 is 1.08 bits per heavy atom. The maximum absolute atomic E-state index is 11.9. The van der Waals surface area contributed by atoms with E-state index in [1.807, 2.05) is 74.6 Å². The van der Waals surface area contributed by atoms with Crippen molar-refractivity contribution in [2.45, 2.75) is 20.3 Å². The van der Waals surface area contributed by atoms with Crippen molar-refractivity contribution in [2.75, 3.05) is 13.2 Å². The lowest BCUT2D eigenvalue weighted by atomic mass is 10.2. The Bertz CT molecular complexity index is 872. The highest BCUT2D eigenvalue weighted by Gasteiger charge is 2.07. The highest BCUT2D eigenvalue weighted by atomic mass is 16.5. The molecule has 0 spiro atoms. The largest absolute Gasteiger partial charge is 0.484 e. The van der Waals surface area contributed by atoms with Crippen LogP contribution < -0.4 is 10.1 Å². The Morgan fingerprint density at radius 2 is 1.81 bits per heavy atom. The summed E-state index contributed by atoms with van der Waals surface area (Å²) in [4.78, 5) is 16.5. The molecule has 0 saturated heterocycles. The van der Waals surface area contributed by atoms with Gasteiger partial charge in [0.25, 0.3) is 5.91 Å². The normalized spacial score (nSPS) is 10.5. The third kappa shape index (κ3) is 4.51. The van der Waals surface area contributed by atoms with E-state index in [1.165, 1.54) is 0 Å². The topological polar surface area (TPSA) is 56.1 Å². The van der Waals surface area contributed by atoms with Gasteiger partial charge in [0.1, 0.15) is 11.6 Å². The van der Waals surface area contributed by atoms with Crippen LogP contribution in [-0.2, 0) is 11.2 Å². The van der Waals surface area contributed by atoms with Gasteiger partial charge in [0.05, 0.1) is 5.69 Å². The van der Waals surface area contributed by atoms with E-state index >= 15 is 0 Å². The minimum absolute atomic E-state index is 0.0162. The van der Waals surface area contributed by atoms with Gasteiger partial charge in [0, 0.05) is 24.8 Å². The molecule has 0 unspecified atom stereocenters. The molecule has 0 atom stereocenters. The summed E-state index contributed by atoms with van der Waals surface area (Å²) in [5, 5.41) is 2.88. The van der Waals surface area contributed by atoms with Gasteiger partial charge in [-0.2, -0.15) is 0 Å². The van der Waals surface area contributed by atoms with E-state index in [9.17, 15) is 4.79 Å². The maximum Gasteiger partial charge on any atom is 0.257 e. The van der Waals surface area contributed by atoms with Crippen molar-refractivity contribution in [3.05, 3.63) is 77.9 Å². The molecule has 5 nitrogen and oxygen atoms in total. The van der Waals surface area contributed by atoms with Gasteiger partial charge in [0.2, 0.25) is 0 Å². The fraction of sp³-hybridized carbons (Fsp3) is 0.238. The quantitative estimate of drug-likeness (QED) is 0.712. The summed E-state index contributed by atoms with van der Waals surface area (Å²) in [7, 11) is 0. The number of carbonyl (C=O) groups is 1. The molecule has 0 fully saturated rings. The Labute approximate surface area is 153 Å². The number of hydrogen-bond acceptors (Lipinski definition) is 3. The summed E-state index contributed by atoms with van der Waals surface area (Å²) in [6.07, 6.45) is 2.69. The summed E-state index contributed by atoms with van der Waals surface area (Å²) in [5.41, 5.74) is 3.05. The van der Waals surface area contributed by atoms with Crippen molar-refractivity contribution >= 4 is 5.91 Å². The molecule has 0 radical (unpaired) electrons. The second kappa shape index (κ2) is 8.34. The Kier molecular flexibility index (Phi) is 5.69. The van der Waals surface area contributed by atoms with Crippen LogP contribution in [0, 0.1) is 13.8 Å². The minimum Gasteiger partial charge on any atom is -0.484 e. The molecular weight excluding hydrogens is 326 g/mol. The number of carbonyl (C=O) groups excluding carboxylic acids is 1. The van der Waals surface area contributed by atoms with E-state index in [0.29, 0.717) is 13.0 Å². The number of nitrogens with one attached hydrogen (secondary N) is 1. The molecule has 1 heterocycles. The van der Waals surface area contributed by atoms with Gasteiger partial charge >= 0.3 is 0 Å². The number of ether oxygens (including phenoxy) is 1. The maximum atomic E-state index is 11.9. The van der Waals surface area contributed by atoms with Crippen LogP contribution in [-0.4, -0.2) is 28.6 Å². The van der Waals surface area contributed by atoms with Crippen molar-refractivity contribution < 1.29 is 9.53 Å². The van der Waals surface area contributed by atoms with Crippen LogP contribution in [0.25, 0.3) is 5.69 Å². The average Bonchev–Trinajstić information content (AvgIpc) is 3.02. The van der Waals surface area contributed by atoms with Crippen molar-refractivity contribution in [1.29, 1.82) is 0 Å². The number of para-hydroxylation sites is 2. The van der Waals surface area contributed by atoms with E-state index in [4.69, 9.17) is 4.74 Å². The molecule has 0 aliphatic rings. The lowest BCUT2D eigenvalue weighted by Gasteiger charge is -2.09. The summed E-state index contributed by atoms with van der Waals surface area (Å²) in [5.74, 6) is 1.53. The molecule has 2 aromatic carbocycles. The lowest BCUT2D eigenvalue weighted by molar-refractivity contribution is -0.123. The Balaban J connectivity index is 1.48. The van der Waals surface area contributed by atoms with E-state index in [2.05, 4.69) is 14.9 Å². The van der Waals surface area contributed by atoms with Gasteiger partial charge in [-0.3, -0.25) is 4.79 Å². The van der Waals surface area contributed by atoms with Crippen LogP contribution in [0.5, 0.6) is 5.75 Å². The first-order chi connectivity index (χ1) is 12.6. The highest BCUT2D eigenvalue weighted by molar-refractivity contribution is 5.77. The zero-order chi connectivity index (χ0) is 18.4. The van der Waals surface area contributed by atoms with Gasteiger partial charge in [-0.25, -0.2) is 4.98 Å². The van der Waals surface area contributed by atoms with Crippen LogP contribution in [0.4, 0.5) is 0 Å². The summed E-state index contributed by atoms with van der Waals surface area (Å²) in [6, 6.07) is 17.7. The highest BCUT2D eigenvalue weighted by Crippen LogP contribution is 2.15. The molecular formula is C21H23N3O2. The van der Waals surface area contributed by atoms with Crippen LogP contribution in [0.15, 0.2) is 60.8 Å². The number of aromatic nitrogens is 2. The lowest BCUT2D eigenvalue weighted by Crippen LogP contribution is -2.30. The molecule has 134 valence electrons. The van der Waals surface area contributed by atoms with Gasteiger partial charge in [-0.05, 0) is 37.6 Å². The minimum atomic E-state index is -0.132. The number of hydrogen-bond donors (Lipinski definition) is 1. The number of nitrogens with zero attached hydrogens (tertiary/aromatic N) is 2. The molecule has 0 bridgehead atoms. The molecule has 1 aromatic heterocycles. The fourth-order valence-electron chi connectivity index (χ4n) is 2.75.